The first kappa shape index (κ1) is 18.4. The molecule has 0 aliphatic heterocycles. The first-order valence-corrected chi connectivity index (χ1v) is 9.54. The van der Waals surface area contributed by atoms with Crippen molar-refractivity contribution in [2.75, 3.05) is 23.9 Å². The minimum atomic E-state index is -0.429. The van der Waals surface area contributed by atoms with E-state index in [1.54, 1.807) is 37.0 Å². The minimum absolute atomic E-state index is 0.154. The second kappa shape index (κ2) is 9.34. The summed E-state index contributed by atoms with van der Waals surface area (Å²) in [4.78, 5) is 29.2. The van der Waals surface area contributed by atoms with Crippen LogP contribution in [-0.2, 0) is 9.53 Å². The van der Waals surface area contributed by atoms with Gasteiger partial charge < -0.3 is 10.1 Å². The van der Waals surface area contributed by atoms with Gasteiger partial charge in [-0.2, -0.15) is 0 Å². The highest BCUT2D eigenvalue weighted by atomic mass is 32.2. The lowest BCUT2D eigenvalue weighted by Gasteiger charge is -2.08. The number of carbonyl (C=O) groups is 2. The Hall–Kier alpha value is -1.99. The summed E-state index contributed by atoms with van der Waals surface area (Å²) in [6.45, 7) is 2.04. The number of ether oxygens (including phenoxy) is 1. The Morgan fingerprint density at radius 2 is 2.08 bits per heavy atom. The number of benzene rings is 1. The Balaban J connectivity index is 1.98. The summed E-state index contributed by atoms with van der Waals surface area (Å²) in [5.74, 6) is -0.424. The van der Waals surface area contributed by atoms with Gasteiger partial charge in [0.15, 0.2) is 0 Å². The fourth-order valence-electron chi connectivity index (χ4n) is 1.90. The number of pyridine rings is 1. The van der Waals surface area contributed by atoms with Gasteiger partial charge in [0.05, 0.1) is 17.9 Å². The molecule has 2 aromatic rings. The molecule has 1 heterocycles. The topological polar surface area (TPSA) is 68.3 Å². The molecule has 5 nitrogen and oxygen atoms in total. The average Bonchev–Trinajstić information content (AvgIpc) is 2.60. The number of hydrogen-bond donors (Lipinski definition) is 1. The van der Waals surface area contributed by atoms with Crippen LogP contribution in [0, 0.1) is 0 Å². The summed E-state index contributed by atoms with van der Waals surface area (Å²) in [6.07, 6.45) is 3.57. The smallest absolute Gasteiger partial charge is 0.340 e. The molecule has 0 saturated heterocycles. The average molecular weight is 362 g/mol. The highest BCUT2D eigenvalue weighted by Crippen LogP contribution is 2.22. The van der Waals surface area contributed by atoms with Crippen molar-refractivity contribution in [1.29, 1.82) is 0 Å². The van der Waals surface area contributed by atoms with Crippen LogP contribution in [0.4, 0.5) is 5.69 Å². The zero-order valence-corrected chi connectivity index (χ0v) is 15.1. The number of hydrogen-bond acceptors (Lipinski definition) is 6. The van der Waals surface area contributed by atoms with Crippen molar-refractivity contribution in [2.45, 2.75) is 16.8 Å². The number of amides is 1. The summed E-state index contributed by atoms with van der Waals surface area (Å²) in [5.41, 5.74) is 1.13. The van der Waals surface area contributed by atoms with E-state index < -0.39 is 5.97 Å². The minimum Gasteiger partial charge on any atom is -0.462 e. The van der Waals surface area contributed by atoms with Crippen LogP contribution in [0.15, 0.2) is 52.5 Å². The molecule has 0 saturated carbocycles. The predicted octanol–water partition coefficient (Wildman–Crippen LogP) is 3.71. The molecule has 0 bridgehead atoms. The van der Waals surface area contributed by atoms with E-state index in [1.165, 1.54) is 11.8 Å². The van der Waals surface area contributed by atoms with Gasteiger partial charge in [-0.15, -0.1) is 11.8 Å². The maximum Gasteiger partial charge on any atom is 0.340 e. The molecule has 1 aromatic heterocycles. The van der Waals surface area contributed by atoms with Crippen LogP contribution in [0.1, 0.15) is 17.3 Å². The molecule has 2 rings (SSSR count). The number of esters is 1. The zero-order chi connectivity index (χ0) is 17.4. The monoisotopic (exact) mass is 362 g/mol. The summed E-state index contributed by atoms with van der Waals surface area (Å²) in [6, 6.07) is 10.9. The van der Waals surface area contributed by atoms with Crippen LogP contribution in [0.25, 0.3) is 0 Å². The summed E-state index contributed by atoms with van der Waals surface area (Å²) in [7, 11) is 0. The van der Waals surface area contributed by atoms with Gasteiger partial charge >= 0.3 is 5.97 Å². The summed E-state index contributed by atoms with van der Waals surface area (Å²) >= 11 is 2.82. The molecule has 0 fully saturated rings. The molecule has 0 atom stereocenters. The van der Waals surface area contributed by atoms with Gasteiger partial charge in [-0.3, -0.25) is 4.79 Å². The Bertz CT molecular complexity index is 722. The summed E-state index contributed by atoms with van der Waals surface area (Å²) in [5, 5.41) is 3.33. The number of carbonyl (C=O) groups excluding carboxylic acids is 2. The van der Waals surface area contributed by atoms with Crippen LogP contribution in [-0.4, -0.2) is 35.5 Å². The molecule has 1 N–H and O–H groups in total. The van der Waals surface area contributed by atoms with Gasteiger partial charge in [0.1, 0.15) is 5.03 Å². The van der Waals surface area contributed by atoms with Crippen molar-refractivity contribution >= 4 is 41.1 Å². The predicted molar refractivity (Wildman–Crippen MR) is 97.8 cm³/mol. The van der Waals surface area contributed by atoms with E-state index in [9.17, 15) is 9.59 Å². The van der Waals surface area contributed by atoms with Gasteiger partial charge in [0, 0.05) is 16.8 Å². The second-order valence-corrected chi connectivity index (χ2v) is 6.49. The van der Waals surface area contributed by atoms with Crippen molar-refractivity contribution in [3.05, 3.63) is 48.2 Å². The number of nitrogens with one attached hydrogen (secondary N) is 1. The molecule has 0 radical (unpaired) electrons. The van der Waals surface area contributed by atoms with Crippen molar-refractivity contribution < 1.29 is 14.3 Å². The Labute approximate surface area is 149 Å². The summed E-state index contributed by atoms with van der Waals surface area (Å²) < 4.78 is 5.00. The SMILES string of the molecule is CCOC(=O)c1cccnc1SCC(=O)Nc1cccc(SC)c1. The van der Waals surface area contributed by atoms with E-state index >= 15 is 0 Å². The number of rotatable bonds is 7. The molecular formula is C17H18N2O3S2. The standard InChI is InChI=1S/C17H18N2O3S2/c1-3-22-17(21)14-8-5-9-18-16(14)24-11-15(20)19-12-6-4-7-13(10-12)23-2/h4-10H,3,11H2,1-2H3,(H,19,20). The molecule has 0 unspecified atom stereocenters. The maximum absolute atomic E-state index is 12.1. The Kier molecular flexibility index (Phi) is 7.14. The van der Waals surface area contributed by atoms with Crippen LogP contribution in [0.5, 0.6) is 0 Å². The van der Waals surface area contributed by atoms with E-state index in [-0.39, 0.29) is 11.7 Å². The molecule has 7 heteroatoms. The van der Waals surface area contributed by atoms with Gasteiger partial charge in [0.2, 0.25) is 5.91 Å². The molecule has 0 aliphatic rings. The molecule has 1 amide bonds. The van der Waals surface area contributed by atoms with Gasteiger partial charge in [-0.25, -0.2) is 9.78 Å². The van der Waals surface area contributed by atoms with E-state index in [0.717, 1.165) is 10.6 Å². The van der Waals surface area contributed by atoms with E-state index in [1.807, 2.05) is 30.5 Å². The lowest BCUT2D eigenvalue weighted by atomic mass is 10.3. The molecule has 126 valence electrons. The van der Waals surface area contributed by atoms with Crippen LogP contribution < -0.4 is 5.32 Å². The maximum atomic E-state index is 12.1. The van der Waals surface area contributed by atoms with E-state index in [4.69, 9.17) is 4.74 Å². The van der Waals surface area contributed by atoms with Crippen molar-refractivity contribution in [3.8, 4) is 0 Å². The fraction of sp³-hybridized carbons (Fsp3) is 0.235. The molecule has 1 aromatic carbocycles. The van der Waals surface area contributed by atoms with Crippen LogP contribution >= 0.6 is 23.5 Å². The molecular weight excluding hydrogens is 344 g/mol. The number of aromatic nitrogens is 1. The lowest BCUT2D eigenvalue weighted by molar-refractivity contribution is -0.113. The third-order valence-corrected chi connectivity index (χ3v) is 4.69. The van der Waals surface area contributed by atoms with Gasteiger partial charge in [0.25, 0.3) is 0 Å². The second-order valence-electron chi connectivity index (χ2n) is 4.65. The molecule has 24 heavy (non-hydrogen) atoms. The van der Waals surface area contributed by atoms with Crippen molar-refractivity contribution in [2.24, 2.45) is 0 Å². The first-order valence-electron chi connectivity index (χ1n) is 7.33. The largest absolute Gasteiger partial charge is 0.462 e. The third-order valence-electron chi connectivity index (χ3n) is 2.96. The van der Waals surface area contributed by atoms with Gasteiger partial charge in [-0.1, -0.05) is 17.8 Å². The van der Waals surface area contributed by atoms with Crippen molar-refractivity contribution in [1.82, 2.24) is 4.98 Å². The lowest BCUT2D eigenvalue weighted by Crippen LogP contribution is -2.15. The zero-order valence-electron chi connectivity index (χ0n) is 13.4. The normalized spacial score (nSPS) is 10.2. The van der Waals surface area contributed by atoms with Crippen LogP contribution in [0.3, 0.4) is 0 Å². The number of thioether (sulfide) groups is 2. The number of anilines is 1. The van der Waals surface area contributed by atoms with Crippen molar-refractivity contribution in [3.63, 3.8) is 0 Å². The number of nitrogens with zero attached hydrogens (tertiary/aromatic N) is 1. The highest BCUT2D eigenvalue weighted by molar-refractivity contribution is 8.00. The third kappa shape index (κ3) is 5.28. The van der Waals surface area contributed by atoms with E-state index in [2.05, 4.69) is 10.3 Å². The first-order chi connectivity index (χ1) is 11.6. The molecule has 0 spiro atoms. The fourth-order valence-corrected chi connectivity index (χ4v) is 3.14. The van der Waals surface area contributed by atoms with Crippen LogP contribution in [0.2, 0.25) is 0 Å². The Morgan fingerprint density at radius 1 is 1.25 bits per heavy atom. The van der Waals surface area contributed by atoms with Gasteiger partial charge in [-0.05, 0) is 43.5 Å². The quantitative estimate of drug-likeness (QED) is 0.598. The van der Waals surface area contributed by atoms with E-state index in [0.29, 0.717) is 17.2 Å². The molecule has 0 aliphatic carbocycles. The highest BCUT2D eigenvalue weighted by Gasteiger charge is 2.15. The Morgan fingerprint density at radius 3 is 2.83 bits per heavy atom.